The van der Waals surface area contributed by atoms with Gasteiger partial charge in [-0.25, -0.2) is 9.69 Å². The number of carbonyl (C=O) groups is 4. The zero-order valence-corrected chi connectivity index (χ0v) is 16.4. The van der Waals surface area contributed by atoms with Crippen LogP contribution in [-0.2, 0) is 20.9 Å². The van der Waals surface area contributed by atoms with Gasteiger partial charge in [-0.2, -0.15) is 0 Å². The molecule has 1 aliphatic heterocycles. The minimum absolute atomic E-state index is 0.0181. The molecule has 4 rings (SSSR count). The van der Waals surface area contributed by atoms with Crippen molar-refractivity contribution in [1.29, 1.82) is 0 Å². The fourth-order valence-electron chi connectivity index (χ4n) is 3.43. The molecule has 0 saturated carbocycles. The molecule has 2 heterocycles. The fourth-order valence-corrected chi connectivity index (χ4v) is 3.43. The summed E-state index contributed by atoms with van der Waals surface area (Å²) in [7, 11) is 0. The van der Waals surface area contributed by atoms with Gasteiger partial charge in [0.15, 0.2) is 0 Å². The van der Waals surface area contributed by atoms with Gasteiger partial charge in [0.25, 0.3) is 5.91 Å². The van der Waals surface area contributed by atoms with Crippen LogP contribution in [0.5, 0.6) is 0 Å². The Balaban J connectivity index is 1.56. The molecule has 0 aliphatic carbocycles. The number of anilines is 1. The molecule has 2 aromatic carbocycles. The maximum Gasteiger partial charge on any atom is 0.329 e. The number of primary amides is 1. The van der Waals surface area contributed by atoms with Crippen LogP contribution in [0, 0.1) is 0 Å². The molecule has 1 saturated heterocycles. The number of imide groups is 1. The second kappa shape index (κ2) is 8.15. The summed E-state index contributed by atoms with van der Waals surface area (Å²) in [6, 6.07) is 15.4. The summed E-state index contributed by atoms with van der Waals surface area (Å²) in [6.07, 6.45) is 3.21. The first-order valence-electron chi connectivity index (χ1n) is 9.48. The molecule has 0 radical (unpaired) electrons. The van der Waals surface area contributed by atoms with Crippen molar-refractivity contribution in [2.24, 2.45) is 5.73 Å². The maximum absolute atomic E-state index is 12.7. The van der Waals surface area contributed by atoms with Gasteiger partial charge in [-0.1, -0.05) is 36.4 Å². The zero-order chi connectivity index (χ0) is 22.0. The van der Waals surface area contributed by atoms with E-state index in [4.69, 9.17) is 5.73 Å². The quantitative estimate of drug-likeness (QED) is 0.416. The summed E-state index contributed by atoms with van der Waals surface area (Å²) in [5.41, 5.74) is 7.33. The predicted octanol–water partition coefficient (Wildman–Crippen LogP) is 1.66. The van der Waals surface area contributed by atoms with Crippen LogP contribution < -0.4 is 16.4 Å². The van der Waals surface area contributed by atoms with Crippen LogP contribution in [-0.4, -0.2) is 39.8 Å². The van der Waals surface area contributed by atoms with Gasteiger partial charge in [0.05, 0.1) is 0 Å². The number of hydrogen-bond donors (Lipinski definition) is 3. The molecule has 9 heteroatoms. The van der Waals surface area contributed by atoms with Crippen molar-refractivity contribution in [3.05, 3.63) is 72.1 Å². The Labute approximate surface area is 177 Å². The normalized spacial score (nSPS) is 14.8. The van der Waals surface area contributed by atoms with E-state index < -0.39 is 30.3 Å². The first-order valence-corrected chi connectivity index (χ1v) is 9.48. The summed E-state index contributed by atoms with van der Waals surface area (Å²) in [5, 5.41) is 5.93. The van der Waals surface area contributed by atoms with Gasteiger partial charge in [0.1, 0.15) is 18.8 Å². The molecule has 9 nitrogen and oxygen atoms in total. The van der Waals surface area contributed by atoms with E-state index in [9.17, 15) is 19.2 Å². The number of benzene rings is 2. The molecule has 156 valence electrons. The number of fused-ring (bicyclic) bond motifs is 1. The SMILES string of the molecule is NC(=O)Cn1cc(C=C2NC(=O)N(CC(=O)Nc3ccccc3)C2=O)c2ccccc21. The monoisotopic (exact) mass is 417 g/mol. The number of nitrogens with two attached hydrogens (primary N) is 1. The standard InChI is InChI=1S/C22H19N5O4/c23-19(28)12-26-11-14(16-8-4-5-9-18(16)26)10-17-21(30)27(22(31)25-17)13-20(29)24-15-6-2-1-3-7-15/h1-11H,12-13H2,(H2,23,28)(H,24,29)(H,25,31). The molecular weight excluding hydrogens is 398 g/mol. The van der Waals surface area contributed by atoms with E-state index in [1.165, 1.54) is 6.08 Å². The lowest BCUT2D eigenvalue weighted by Gasteiger charge is -2.11. The third-order valence-corrected chi connectivity index (χ3v) is 4.77. The maximum atomic E-state index is 12.7. The van der Waals surface area contributed by atoms with Crippen LogP contribution >= 0.6 is 0 Å². The Morgan fingerprint density at radius 2 is 1.71 bits per heavy atom. The Hall–Kier alpha value is -4.40. The topological polar surface area (TPSA) is 127 Å². The molecule has 1 aliphatic rings. The first-order chi connectivity index (χ1) is 14.9. The van der Waals surface area contributed by atoms with Crippen LogP contribution in [0.2, 0.25) is 0 Å². The highest BCUT2D eigenvalue weighted by atomic mass is 16.2. The number of rotatable bonds is 6. The van der Waals surface area contributed by atoms with Crippen molar-refractivity contribution in [3.63, 3.8) is 0 Å². The second-order valence-corrected chi connectivity index (χ2v) is 6.99. The molecule has 1 aromatic heterocycles. The van der Waals surface area contributed by atoms with Gasteiger partial charge in [0.2, 0.25) is 11.8 Å². The van der Waals surface area contributed by atoms with E-state index >= 15 is 0 Å². The van der Waals surface area contributed by atoms with Crippen molar-refractivity contribution in [3.8, 4) is 0 Å². The van der Waals surface area contributed by atoms with Gasteiger partial charge in [-0.3, -0.25) is 14.4 Å². The molecule has 4 N–H and O–H groups in total. The molecule has 3 aromatic rings. The number of aromatic nitrogens is 1. The van der Waals surface area contributed by atoms with Gasteiger partial charge in [0, 0.05) is 28.4 Å². The van der Waals surface area contributed by atoms with Crippen LogP contribution in [0.4, 0.5) is 10.5 Å². The van der Waals surface area contributed by atoms with Gasteiger partial charge in [-0.15, -0.1) is 0 Å². The lowest BCUT2D eigenvalue weighted by atomic mass is 10.1. The Kier molecular flexibility index (Phi) is 5.23. The number of carbonyl (C=O) groups excluding carboxylic acids is 4. The average Bonchev–Trinajstić information content (AvgIpc) is 3.21. The number of amides is 5. The van der Waals surface area contributed by atoms with Crippen molar-refractivity contribution in [2.45, 2.75) is 6.54 Å². The average molecular weight is 417 g/mol. The van der Waals surface area contributed by atoms with Crippen LogP contribution in [0.25, 0.3) is 17.0 Å². The van der Waals surface area contributed by atoms with Crippen molar-refractivity contribution < 1.29 is 19.2 Å². The molecule has 31 heavy (non-hydrogen) atoms. The highest BCUT2D eigenvalue weighted by Crippen LogP contribution is 2.24. The van der Waals surface area contributed by atoms with Crippen molar-refractivity contribution in [1.82, 2.24) is 14.8 Å². The Morgan fingerprint density at radius 1 is 1.00 bits per heavy atom. The summed E-state index contributed by atoms with van der Waals surface area (Å²) in [6.45, 7) is -0.434. The van der Waals surface area contributed by atoms with E-state index in [0.29, 0.717) is 11.3 Å². The third-order valence-electron chi connectivity index (χ3n) is 4.77. The number of urea groups is 1. The molecule has 0 unspecified atom stereocenters. The predicted molar refractivity (Wildman–Crippen MR) is 114 cm³/mol. The van der Waals surface area contributed by atoms with E-state index in [1.54, 1.807) is 35.0 Å². The molecule has 5 amide bonds. The number of hydrogen-bond acceptors (Lipinski definition) is 4. The Bertz CT molecular complexity index is 1230. The first kappa shape index (κ1) is 19.9. The summed E-state index contributed by atoms with van der Waals surface area (Å²) in [4.78, 5) is 49.5. The van der Waals surface area contributed by atoms with Gasteiger partial charge in [-0.05, 0) is 24.3 Å². The summed E-state index contributed by atoms with van der Waals surface area (Å²) >= 11 is 0. The van der Waals surface area contributed by atoms with Gasteiger partial charge >= 0.3 is 6.03 Å². The molecule has 0 bridgehead atoms. The zero-order valence-electron chi connectivity index (χ0n) is 16.4. The Morgan fingerprint density at radius 3 is 2.45 bits per heavy atom. The van der Waals surface area contributed by atoms with E-state index in [1.807, 2.05) is 30.3 Å². The van der Waals surface area contributed by atoms with E-state index in [-0.39, 0.29) is 12.2 Å². The van der Waals surface area contributed by atoms with Crippen molar-refractivity contribution >= 4 is 46.4 Å². The number of para-hydroxylation sites is 2. The highest BCUT2D eigenvalue weighted by molar-refractivity contribution is 6.16. The minimum Gasteiger partial charge on any atom is -0.368 e. The molecule has 0 spiro atoms. The fraction of sp³-hybridized carbons (Fsp3) is 0.0909. The van der Waals surface area contributed by atoms with E-state index in [0.717, 1.165) is 15.8 Å². The lowest BCUT2D eigenvalue weighted by molar-refractivity contribution is -0.127. The number of nitrogens with one attached hydrogen (secondary N) is 2. The smallest absolute Gasteiger partial charge is 0.329 e. The second-order valence-electron chi connectivity index (χ2n) is 6.99. The van der Waals surface area contributed by atoms with Crippen LogP contribution in [0.15, 0.2) is 66.5 Å². The van der Waals surface area contributed by atoms with Crippen molar-refractivity contribution in [2.75, 3.05) is 11.9 Å². The minimum atomic E-state index is -0.680. The number of nitrogens with zero attached hydrogens (tertiary/aromatic N) is 2. The van der Waals surface area contributed by atoms with Crippen LogP contribution in [0.1, 0.15) is 5.56 Å². The summed E-state index contributed by atoms with van der Waals surface area (Å²) in [5.74, 6) is -1.60. The molecule has 1 fully saturated rings. The molecule has 0 atom stereocenters. The molecular formula is C22H19N5O4. The third kappa shape index (κ3) is 4.15. The highest BCUT2D eigenvalue weighted by Gasteiger charge is 2.35. The van der Waals surface area contributed by atoms with E-state index in [2.05, 4.69) is 10.6 Å². The van der Waals surface area contributed by atoms with Crippen LogP contribution in [0.3, 0.4) is 0 Å². The largest absolute Gasteiger partial charge is 0.368 e. The summed E-state index contributed by atoms with van der Waals surface area (Å²) < 4.78 is 1.68. The lowest BCUT2D eigenvalue weighted by Crippen LogP contribution is -2.38. The van der Waals surface area contributed by atoms with Gasteiger partial charge < -0.3 is 20.9 Å².